The van der Waals surface area contributed by atoms with Crippen molar-refractivity contribution in [3.05, 3.63) is 76.7 Å². The second-order valence-corrected chi connectivity index (χ2v) is 10.1. The van der Waals surface area contributed by atoms with Gasteiger partial charge in [-0.15, -0.1) is 0 Å². The molecule has 3 N–H and O–H groups in total. The van der Waals surface area contributed by atoms with E-state index in [4.69, 9.17) is 16.3 Å². The van der Waals surface area contributed by atoms with Crippen LogP contribution in [0.25, 0.3) is 5.69 Å². The van der Waals surface area contributed by atoms with E-state index in [1.165, 1.54) is 24.3 Å². The summed E-state index contributed by atoms with van der Waals surface area (Å²) in [5, 5.41) is 27.4. The first-order valence-corrected chi connectivity index (χ1v) is 11.6. The van der Waals surface area contributed by atoms with Crippen molar-refractivity contribution in [3.63, 3.8) is 0 Å². The highest BCUT2D eigenvalue weighted by molar-refractivity contribution is 6.31. The van der Waals surface area contributed by atoms with Crippen LogP contribution in [0.2, 0.25) is 5.02 Å². The second kappa shape index (κ2) is 10.7. The third-order valence-electron chi connectivity index (χ3n) is 6.07. The van der Waals surface area contributed by atoms with Gasteiger partial charge in [-0.25, -0.2) is 4.39 Å². The number of benzene rings is 2. The standard InChI is InChI=1S/C26H29ClFN3O5/c1-25(2,3)26(4,35)15-36-22-13-20(30-31(22)21-12-8-7-11-18(21)28)24(34)29-19(14-23(32)33)16-9-5-6-10-17(16)27/h5-13,19,35H,14-15H2,1-4H3,(H,29,34)(H,32,33)/t19-,26+/m0/s1. The average molecular weight is 518 g/mol. The lowest BCUT2D eigenvalue weighted by Gasteiger charge is -2.36. The molecule has 8 nitrogen and oxygen atoms in total. The SMILES string of the molecule is CC(C)(C)[C@](C)(O)COc1cc(C(=O)N[C@@H](CC(=O)O)c2ccccc2Cl)nn1-c1ccccc1F. The Balaban J connectivity index is 1.97. The van der Waals surface area contributed by atoms with Crippen LogP contribution in [0.5, 0.6) is 5.88 Å². The largest absolute Gasteiger partial charge is 0.481 e. The fourth-order valence-electron chi connectivity index (χ4n) is 3.21. The van der Waals surface area contributed by atoms with Crippen LogP contribution < -0.4 is 10.1 Å². The van der Waals surface area contributed by atoms with Gasteiger partial charge in [0.2, 0.25) is 5.88 Å². The maximum Gasteiger partial charge on any atom is 0.305 e. The van der Waals surface area contributed by atoms with E-state index >= 15 is 0 Å². The monoisotopic (exact) mass is 517 g/mol. The van der Waals surface area contributed by atoms with Crippen LogP contribution in [0.15, 0.2) is 54.6 Å². The number of carbonyl (C=O) groups excluding carboxylic acids is 1. The van der Waals surface area contributed by atoms with Crippen LogP contribution in [-0.4, -0.2) is 44.1 Å². The molecule has 0 aliphatic rings. The number of nitrogens with zero attached hydrogens (tertiary/aromatic N) is 2. The van der Waals surface area contributed by atoms with Crippen LogP contribution >= 0.6 is 11.6 Å². The zero-order chi connectivity index (χ0) is 26.7. The number of aliphatic carboxylic acids is 1. The molecule has 3 aromatic rings. The molecule has 2 atom stereocenters. The third-order valence-corrected chi connectivity index (χ3v) is 6.42. The summed E-state index contributed by atoms with van der Waals surface area (Å²) in [5.41, 5.74) is -1.45. The number of rotatable bonds is 9. The molecule has 0 bridgehead atoms. The molecule has 10 heteroatoms. The van der Waals surface area contributed by atoms with Crippen molar-refractivity contribution < 1.29 is 28.9 Å². The first-order chi connectivity index (χ1) is 16.8. The molecule has 0 saturated heterocycles. The fourth-order valence-corrected chi connectivity index (χ4v) is 3.48. The predicted molar refractivity (Wildman–Crippen MR) is 133 cm³/mol. The maximum absolute atomic E-state index is 14.6. The van der Waals surface area contributed by atoms with Gasteiger partial charge in [-0.2, -0.15) is 9.78 Å². The van der Waals surface area contributed by atoms with E-state index in [0.717, 1.165) is 4.68 Å². The molecule has 2 aromatic carbocycles. The Morgan fingerprint density at radius 2 is 1.78 bits per heavy atom. The summed E-state index contributed by atoms with van der Waals surface area (Å²) >= 11 is 6.23. The van der Waals surface area contributed by atoms with Crippen molar-refractivity contribution in [1.82, 2.24) is 15.1 Å². The van der Waals surface area contributed by atoms with Crippen molar-refractivity contribution in [2.24, 2.45) is 5.41 Å². The summed E-state index contributed by atoms with van der Waals surface area (Å²) < 4.78 is 21.6. The Labute approximate surface area is 213 Å². The van der Waals surface area contributed by atoms with E-state index in [9.17, 15) is 24.2 Å². The molecule has 0 fully saturated rings. The Morgan fingerprint density at radius 3 is 2.39 bits per heavy atom. The lowest BCUT2D eigenvalue weighted by Crippen LogP contribution is -2.45. The maximum atomic E-state index is 14.6. The summed E-state index contributed by atoms with van der Waals surface area (Å²) in [6, 6.07) is 12.8. The summed E-state index contributed by atoms with van der Waals surface area (Å²) in [6.45, 7) is 7.01. The number of carboxylic acids is 1. The molecule has 0 aliphatic carbocycles. The lowest BCUT2D eigenvalue weighted by atomic mass is 9.78. The van der Waals surface area contributed by atoms with Gasteiger partial charge in [0.25, 0.3) is 5.91 Å². The molecule has 1 aromatic heterocycles. The summed E-state index contributed by atoms with van der Waals surface area (Å²) in [6.07, 6.45) is -0.415. The number of nitrogens with one attached hydrogen (secondary N) is 1. The summed E-state index contributed by atoms with van der Waals surface area (Å²) in [4.78, 5) is 24.6. The molecule has 0 radical (unpaired) electrons. The van der Waals surface area contributed by atoms with E-state index in [0.29, 0.717) is 10.6 Å². The second-order valence-electron chi connectivity index (χ2n) is 9.69. The highest BCUT2D eigenvalue weighted by Crippen LogP contribution is 2.32. The Kier molecular flexibility index (Phi) is 8.05. The first kappa shape index (κ1) is 27.2. The Bertz CT molecular complexity index is 1250. The molecule has 192 valence electrons. The number of hydrogen-bond acceptors (Lipinski definition) is 5. The van der Waals surface area contributed by atoms with Gasteiger partial charge in [-0.1, -0.05) is 62.7 Å². The van der Waals surface area contributed by atoms with Crippen molar-refractivity contribution >= 4 is 23.5 Å². The molecule has 3 rings (SSSR count). The number of aliphatic hydroxyl groups is 1. The van der Waals surface area contributed by atoms with Gasteiger partial charge in [-0.05, 0) is 36.1 Å². The van der Waals surface area contributed by atoms with E-state index in [-0.39, 0.29) is 23.9 Å². The molecule has 0 spiro atoms. The molecular weight excluding hydrogens is 489 g/mol. The smallest absolute Gasteiger partial charge is 0.305 e. The number of ether oxygens (including phenoxy) is 1. The van der Waals surface area contributed by atoms with Gasteiger partial charge in [0.05, 0.1) is 12.5 Å². The highest BCUT2D eigenvalue weighted by atomic mass is 35.5. The third kappa shape index (κ3) is 6.22. The average Bonchev–Trinajstić information content (AvgIpc) is 3.21. The van der Waals surface area contributed by atoms with Gasteiger partial charge in [0.15, 0.2) is 5.69 Å². The van der Waals surface area contributed by atoms with E-state index in [1.54, 1.807) is 37.3 Å². The number of carboxylic acid groups (broad SMARTS) is 1. The van der Waals surface area contributed by atoms with Crippen LogP contribution in [0, 0.1) is 11.2 Å². The number of para-hydroxylation sites is 1. The minimum atomic E-state index is -1.25. The van der Waals surface area contributed by atoms with Crippen molar-refractivity contribution in [3.8, 4) is 11.6 Å². The van der Waals surface area contributed by atoms with E-state index in [2.05, 4.69) is 10.4 Å². The van der Waals surface area contributed by atoms with Crippen LogP contribution in [-0.2, 0) is 4.79 Å². The zero-order valence-electron chi connectivity index (χ0n) is 20.5. The number of halogens is 2. The van der Waals surface area contributed by atoms with Gasteiger partial charge >= 0.3 is 5.97 Å². The van der Waals surface area contributed by atoms with Crippen LogP contribution in [0.4, 0.5) is 4.39 Å². The quantitative estimate of drug-likeness (QED) is 0.376. The molecule has 1 heterocycles. The molecule has 1 amide bonds. The number of hydrogen-bond donors (Lipinski definition) is 3. The van der Waals surface area contributed by atoms with Gasteiger partial charge in [0, 0.05) is 11.1 Å². The zero-order valence-corrected chi connectivity index (χ0v) is 21.2. The van der Waals surface area contributed by atoms with E-state index in [1.807, 2.05) is 20.8 Å². The summed E-state index contributed by atoms with van der Waals surface area (Å²) in [7, 11) is 0. The number of carbonyl (C=O) groups is 2. The molecule has 0 saturated carbocycles. The topological polar surface area (TPSA) is 114 Å². The van der Waals surface area contributed by atoms with Gasteiger partial charge in [-0.3, -0.25) is 9.59 Å². The fraction of sp³-hybridized carbons (Fsp3) is 0.346. The first-order valence-electron chi connectivity index (χ1n) is 11.3. The molecule has 36 heavy (non-hydrogen) atoms. The van der Waals surface area contributed by atoms with Crippen molar-refractivity contribution in [1.29, 1.82) is 0 Å². The Hall–Kier alpha value is -3.43. The van der Waals surface area contributed by atoms with Gasteiger partial charge in [0.1, 0.15) is 23.7 Å². The Morgan fingerprint density at radius 1 is 1.14 bits per heavy atom. The molecule has 0 aliphatic heterocycles. The lowest BCUT2D eigenvalue weighted by molar-refractivity contribution is -0.137. The number of aromatic nitrogens is 2. The van der Waals surface area contributed by atoms with Crippen molar-refractivity contribution in [2.45, 2.75) is 45.8 Å². The number of amides is 1. The van der Waals surface area contributed by atoms with Crippen LogP contribution in [0.3, 0.4) is 0 Å². The minimum Gasteiger partial charge on any atom is -0.481 e. The van der Waals surface area contributed by atoms with Crippen LogP contribution in [0.1, 0.15) is 56.2 Å². The normalized spacial score (nSPS) is 14.1. The van der Waals surface area contributed by atoms with Crippen molar-refractivity contribution in [2.75, 3.05) is 6.61 Å². The minimum absolute atomic E-state index is 0.0299. The highest BCUT2D eigenvalue weighted by Gasteiger charge is 2.36. The molecule has 0 unspecified atom stereocenters. The summed E-state index contributed by atoms with van der Waals surface area (Å²) in [5.74, 6) is -2.41. The van der Waals surface area contributed by atoms with Gasteiger partial charge < -0.3 is 20.3 Å². The molecular formula is C26H29ClFN3O5. The predicted octanol–water partition coefficient (Wildman–Crippen LogP) is 4.79. The van der Waals surface area contributed by atoms with E-state index < -0.39 is 41.2 Å².